The van der Waals surface area contributed by atoms with Gasteiger partial charge in [0.05, 0.1) is 99.5 Å². The highest BCUT2D eigenvalue weighted by Gasteiger charge is 2.55. The molecule has 18 heteroatoms. The highest BCUT2D eigenvalue weighted by molar-refractivity contribution is 7.31. The Bertz CT molecular complexity index is 5060. The normalized spacial score (nSPS) is 14.9. The van der Waals surface area contributed by atoms with E-state index >= 15 is 0 Å². The average Bonchev–Trinajstić information content (AvgIpc) is 1.49. The molecule has 0 saturated carbocycles. The number of allylic oxidation sites excluding steroid dienone is 6. The maximum Gasteiger partial charge on any atom is 0.194 e. The first-order valence-corrected chi connectivity index (χ1v) is 37.1. The molecule has 0 amide bonds. The van der Waals surface area contributed by atoms with Gasteiger partial charge in [0.2, 0.25) is 0 Å². The highest BCUT2D eigenvalue weighted by atomic mass is 32.1. The minimum absolute atomic E-state index is 0.130. The number of thiophene rings is 4. The van der Waals surface area contributed by atoms with Crippen LogP contribution in [0.25, 0.3) is 63.0 Å². The summed E-state index contributed by atoms with van der Waals surface area (Å²) < 4.78 is 50.0. The van der Waals surface area contributed by atoms with Crippen LogP contribution in [0.3, 0.4) is 0 Å². The van der Waals surface area contributed by atoms with Crippen LogP contribution in [-0.2, 0) is 75.2 Å². The van der Waals surface area contributed by atoms with E-state index in [1.54, 1.807) is 110 Å². The Hall–Kier alpha value is -10.2. The van der Waals surface area contributed by atoms with E-state index in [1.165, 1.54) is 0 Å². The number of carbonyl (C=O) groups excluding carboxylic acids is 2. The molecule has 4 aromatic heterocycles. The number of hydrogen-bond donors (Lipinski definition) is 0. The van der Waals surface area contributed by atoms with Crippen LogP contribution >= 0.6 is 45.3 Å². The first-order valence-electron chi connectivity index (χ1n) is 33.9. The Morgan fingerprint density at radius 2 is 0.673 bits per heavy atom. The van der Waals surface area contributed by atoms with Gasteiger partial charge in [-0.3, -0.25) is 9.59 Å². The molecule has 104 heavy (non-hydrogen) atoms. The second kappa shape index (κ2) is 29.9. The van der Waals surface area contributed by atoms with Gasteiger partial charge in [-0.25, -0.2) is 0 Å². The Morgan fingerprint density at radius 3 is 0.962 bits per heavy atom. The summed E-state index contributed by atoms with van der Waals surface area (Å²) in [7, 11) is 6.64. The van der Waals surface area contributed by atoms with Crippen LogP contribution < -0.4 is 0 Å². The number of hydrogen-bond acceptors (Lipinski definition) is 18. The van der Waals surface area contributed by atoms with E-state index in [9.17, 15) is 30.6 Å². The zero-order chi connectivity index (χ0) is 71.6. The standard InChI is InChI=1S/C86H66N4O10S4/c1-93-29-33-97-47-51-13-21-57(22-14-51)85(58-23-15-52(16-24-58)48-98-34-30-94-2)71-41-68-72(42-67(71)81-77(85)83-73(103-81)39-61(101-83)37-69-75(55(43-87)44-88)63-9-5-7-11-65(63)79(69)91)86(59-25-17-53(18-26-59)49-99-35-31-95-3,60-27-19-54(20-28-60)50-100-36-32-96-4)78-82(68)104-74-40-62(102-84(74)78)38-70-76(56(45-89)46-90)64-10-6-8-12-66(64)80(70)92/h5-28,37-42H,29-36,47-50H2,1-4H3/b69-37-,70-38-. The van der Waals surface area contributed by atoms with E-state index in [1.807, 2.05) is 24.3 Å². The van der Waals surface area contributed by atoms with Gasteiger partial charge in [0, 0.05) is 102 Å². The molecule has 4 heterocycles. The third kappa shape index (κ3) is 11.9. The lowest BCUT2D eigenvalue weighted by molar-refractivity contribution is 0.0616. The lowest BCUT2D eigenvalue weighted by atomic mass is 9.65. The monoisotopic (exact) mass is 1440 g/mol. The minimum Gasteiger partial charge on any atom is -0.382 e. The summed E-state index contributed by atoms with van der Waals surface area (Å²) in [6, 6.07) is 67.0. The van der Waals surface area contributed by atoms with Gasteiger partial charge < -0.3 is 37.9 Å². The molecule has 0 saturated heterocycles. The molecule has 4 aliphatic carbocycles. The van der Waals surface area contributed by atoms with Gasteiger partial charge in [-0.2, -0.15) is 21.0 Å². The molecule has 514 valence electrons. The topological polar surface area (TPSA) is 203 Å². The molecule has 0 spiro atoms. The molecule has 7 aromatic carbocycles. The predicted molar refractivity (Wildman–Crippen MR) is 407 cm³/mol. The van der Waals surface area contributed by atoms with Crippen molar-refractivity contribution in [3.8, 4) is 45.2 Å². The van der Waals surface area contributed by atoms with Gasteiger partial charge in [0.15, 0.2) is 11.6 Å². The van der Waals surface area contributed by atoms with Gasteiger partial charge in [0.25, 0.3) is 0 Å². The van der Waals surface area contributed by atoms with Crippen LogP contribution in [-0.4, -0.2) is 92.9 Å². The van der Waals surface area contributed by atoms with E-state index in [0.29, 0.717) is 124 Å². The number of methoxy groups -OCH3 is 4. The summed E-state index contributed by atoms with van der Waals surface area (Å²) in [6.07, 6.45) is 3.71. The largest absolute Gasteiger partial charge is 0.382 e. The van der Waals surface area contributed by atoms with Crippen molar-refractivity contribution in [2.24, 2.45) is 0 Å². The first-order chi connectivity index (χ1) is 51.1. The van der Waals surface area contributed by atoms with E-state index < -0.39 is 10.8 Å². The molecule has 14 nitrogen and oxygen atoms in total. The van der Waals surface area contributed by atoms with Crippen LogP contribution in [0.15, 0.2) is 192 Å². The van der Waals surface area contributed by atoms with Crippen LogP contribution in [0.4, 0.5) is 0 Å². The number of nitriles is 4. The summed E-state index contributed by atoms with van der Waals surface area (Å²) >= 11 is 6.60. The Balaban J connectivity index is 1.01. The van der Waals surface area contributed by atoms with Crippen molar-refractivity contribution < 1.29 is 47.5 Å². The number of ether oxygens (including phenoxy) is 8. The Labute approximate surface area is 618 Å². The third-order valence-electron chi connectivity index (χ3n) is 19.8. The molecule has 0 fully saturated rings. The van der Waals surface area contributed by atoms with Crippen molar-refractivity contribution >= 4 is 99.0 Å². The Morgan fingerprint density at radius 1 is 0.375 bits per heavy atom. The van der Waals surface area contributed by atoms with E-state index in [0.717, 1.165) is 116 Å². The average molecular weight is 1440 g/mol. The maximum absolute atomic E-state index is 14.6. The summed E-state index contributed by atoms with van der Waals surface area (Å²) in [4.78, 5) is 32.9. The fourth-order valence-corrected chi connectivity index (χ4v) is 20.6. The second-order valence-corrected chi connectivity index (χ2v) is 29.8. The lowest BCUT2D eigenvalue weighted by Crippen LogP contribution is -2.30. The molecule has 0 aliphatic heterocycles. The molecular weight excluding hydrogens is 1380 g/mol. The zero-order valence-corrected chi connectivity index (χ0v) is 60.6. The lowest BCUT2D eigenvalue weighted by Gasteiger charge is -2.36. The SMILES string of the molecule is COCCOCc1ccc(C2(c3ccc(COCCOC)cc3)c3cc4c(cc3-c3sc5cc(/C=C6\C(=O)c7ccccc7C6=C(C#N)C#N)sc5c32)C(c2ccc(COCCOC)cc2)(c2ccc(COCCOC)cc2)c2c-4sc3cc(/C=C4\C(=O)c5ccccc5C4=C(C#N)C#N)sc23)cc1. The van der Waals surface area contributed by atoms with Crippen molar-refractivity contribution in [3.05, 3.63) is 291 Å². The first kappa shape index (κ1) is 69.5. The molecule has 11 aromatic rings. The number of Topliss-reactive ketones (excluding diaryl/α,β-unsaturated/α-hetero) is 2. The van der Waals surface area contributed by atoms with Crippen molar-refractivity contribution in [1.82, 2.24) is 0 Å². The van der Waals surface area contributed by atoms with Gasteiger partial charge >= 0.3 is 0 Å². The fraction of sp³-hybridized carbons (Fsp3) is 0.209. The van der Waals surface area contributed by atoms with Gasteiger partial charge in [-0.1, -0.05) is 146 Å². The number of ketones is 2. The molecule has 0 atom stereocenters. The van der Waals surface area contributed by atoms with Gasteiger partial charge in [-0.15, -0.1) is 45.3 Å². The molecule has 4 aliphatic rings. The fourth-order valence-electron chi connectivity index (χ4n) is 15.1. The summed E-state index contributed by atoms with van der Waals surface area (Å²) in [5.41, 5.74) is 15.4. The molecule has 0 bridgehead atoms. The van der Waals surface area contributed by atoms with E-state index in [2.05, 4.69) is 146 Å². The predicted octanol–water partition coefficient (Wildman–Crippen LogP) is 17.8. The number of carbonyl (C=O) groups is 2. The number of rotatable bonds is 26. The number of fused-ring (bicyclic) bond motifs is 12. The molecular formula is C86H66N4O10S4. The molecule has 0 N–H and O–H groups in total. The van der Waals surface area contributed by atoms with Crippen molar-refractivity contribution in [3.63, 3.8) is 0 Å². The molecule has 0 radical (unpaired) electrons. The Kier molecular flexibility index (Phi) is 20.0. The van der Waals surface area contributed by atoms with Crippen LogP contribution in [0, 0.1) is 45.3 Å². The zero-order valence-electron chi connectivity index (χ0n) is 57.3. The van der Waals surface area contributed by atoms with Gasteiger partial charge in [0.1, 0.15) is 35.4 Å². The molecule has 15 rings (SSSR count). The van der Waals surface area contributed by atoms with Crippen molar-refractivity contribution in [2.45, 2.75) is 37.3 Å². The maximum atomic E-state index is 14.6. The third-order valence-corrected chi connectivity index (χ3v) is 24.5. The number of benzene rings is 7. The van der Waals surface area contributed by atoms with Crippen molar-refractivity contribution in [1.29, 1.82) is 21.0 Å². The van der Waals surface area contributed by atoms with E-state index in [-0.39, 0.29) is 22.7 Å². The summed E-state index contributed by atoms with van der Waals surface area (Å²) in [6.45, 7) is 5.06. The van der Waals surface area contributed by atoms with Crippen LogP contribution in [0.2, 0.25) is 0 Å². The van der Waals surface area contributed by atoms with Crippen LogP contribution in [0.5, 0.6) is 0 Å². The quantitative estimate of drug-likeness (QED) is 0.0281. The number of nitrogens with zero attached hydrogens (tertiary/aromatic N) is 4. The minimum atomic E-state index is -1.01. The van der Waals surface area contributed by atoms with Crippen molar-refractivity contribution in [2.75, 3.05) is 81.3 Å². The smallest absolute Gasteiger partial charge is 0.194 e. The highest BCUT2D eigenvalue weighted by Crippen LogP contribution is 2.68. The van der Waals surface area contributed by atoms with Gasteiger partial charge in [-0.05, 0) is 114 Å². The summed E-state index contributed by atoms with van der Waals surface area (Å²) in [5, 5.41) is 41.6. The summed E-state index contributed by atoms with van der Waals surface area (Å²) in [5.74, 6) is -0.500. The second-order valence-electron chi connectivity index (χ2n) is 25.5. The van der Waals surface area contributed by atoms with Crippen LogP contribution in [0.1, 0.15) is 108 Å². The van der Waals surface area contributed by atoms with E-state index in [4.69, 9.17) is 37.9 Å². The molecule has 0 unspecified atom stereocenters.